The molecule has 0 aliphatic heterocycles. The molecule has 6 heteroatoms. The summed E-state index contributed by atoms with van der Waals surface area (Å²) in [5.74, 6) is -1.31. The number of benzene rings is 1. The van der Waals surface area contributed by atoms with Crippen LogP contribution in [0.2, 0.25) is 0 Å². The summed E-state index contributed by atoms with van der Waals surface area (Å²) in [6.07, 6.45) is 3.28. The van der Waals surface area contributed by atoms with Gasteiger partial charge in [-0.25, -0.2) is 13.5 Å². The van der Waals surface area contributed by atoms with E-state index >= 15 is 0 Å². The Kier molecular flexibility index (Phi) is 3.66. The van der Waals surface area contributed by atoms with Crippen molar-refractivity contribution < 1.29 is 8.78 Å². The monoisotopic (exact) mass is 252 g/mol. The van der Waals surface area contributed by atoms with Crippen molar-refractivity contribution in [1.82, 2.24) is 15.0 Å². The molecule has 1 aromatic heterocycles. The lowest BCUT2D eigenvalue weighted by atomic mass is 10.1. The van der Waals surface area contributed by atoms with Crippen LogP contribution in [0.25, 0.3) is 5.69 Å². The molecular weight excluding hydrogens is 238 g/mol. The normalized spacial score (nSPS) is 12.7. The number of halogens is 2. The molecule has 0 radical (unpaired) electrons. The molecule has 1 atom stereocenters. The highest BCUT2D eigenvalue weighted by Crippen LogP contribution is 2.17. The molecule has 0 fully saturated rings. The maximum Gasteiger partial charge on any atom is 0.151 e. The number of nitrogens with two attached hydrogens (primary N) is 1. The minimum absolute atomic E-state index is 0.152. The van der Waals surface area contributed by atoms with E-state index in [1.165, 1.54) is 16.8 Å². The van der Waals surface area contributed by atoms with E-state index in [4.69, 9.17) is 5.73 Å². The lowest BCUT2D eigenvalue weighted by Gasteiger charge is -2.04. The fourth-order valence-electron chi connectivity index (χ4n) is 1.69. The van der Waals surface area contributed by atoms with Gasteiger partial charge in [0.25, 0.3) is 0 Å². The summed E-state index contributed by atoms with van der Waals surface area (Å²) in [6.45, 7) is 2.02. The Hall–Kier alpha value is -1.82. The summed E-state index contributed by atoms with van der Waals surface area (Å²) in [5.41, 5.74) is 6.64. The van der Waals surface area contributed by atoms with Gasteiger partial charge >= 0.3 is 0 Å². The first-order valence-corrected chi connectivity index (χ1v) is 5.75. The Morgan fingerprint density at radius 1 is 1.39 bits per heavy atom. The zero-order valence-corrected chi connectivity index (χ0v) is 9.98. The fraction of sp³-hybridized carbons (Fsp3) is 0.333. The fourth-order valence-corrected chi connectivity index (χ4v) is 1.69. The molecule has 0 saturated heterocycles. The first kappa shape index (κ1) is 12.6. The van der Waals surface area contributed by atoms with Crippen molar-refractivity contribution in [2.45, 2.75) is 25.8 Å². The largest absolute Gasteiger partial charge is 0.323 e. The van der Waals surface area contributed by atoms with Gasteiger partial charge in [-0.15, -0.1) is 5.10 Å². The summed E-state index contributed by atoms with van der Waals surface area (Å²) >= 11 is 0. The van der Waals surface area contributed by atoms with E-state index in [0.29, 0.717) is 5.69 Å². The second-order valence-electron chi connectivity index (χ2n) is 4.08. The maximum absolute atomic E-state index is 13.5. The van der Waals surface area contributed by atoms with Gasteiger partial charge in [-0.1, -0.05) is 18.6 Å². The summed E-state index contributed by atoms with van der Waals surface area (Å²) in [4.78, 5) is 0. The van der Waals surface area contributed by atoms with Crippen LogP contribution < -0.4 is 5.73 Å². The number of hydrogen-bond donors (Lipinski definition) is 1. The van der Waals surface area contributed by atoms with Crippen molar-refractivity contribution in [1.29, 1.82) is 0 Å². The van der Waals surface area contributed by atoms with E-state index in [9.17, 15) is 8.78 Å². The predicted octanol–water partition coefficient (Wildman–Crippen LogP) is 2.35. The molecule has 1 heterocycles. The summed E-state index contributed by atoms with van der Waals surface area (Å²) in [6, 6.07) is 3.08. The highest BCUT2D eigenvalue weighted by atomic mass is 19.1. The van der Waals surface area contributed by atoms with Crippen LogP contribution in [0.15, 0.2) is 24.4 Å². The van der Waals surface area contributed by atoms with Gasteiger partial charge < -0.3 is 5.73 Å². The van der Waals surface area contributed by atoms with Crippen LogP contribution in [0, 0.1) is 11.6 Å². The second kappa shape index (κ2) is 5.22. The number of nitrogens with zero attached hydrogens (tertiary/aromatic N) is 3. The molecule has 0 bridgehead atoms. The molecule has 1 unspecified atom stereocenters. The Balaban J connectivity index is 2.29. The molecule has 2 N–H and O–H groups in total. The van der Waals surface area contributed by atoms with Crippen molar-refractivity contribution in [2.75, 3.05) is 0 Å². The molecule has 96 valence electrons. The molecule has 2 aromatic rings. The number of aromatic nitrogens is 3. The third-order valence-electron chi connectivity index (χ3n) is 2.65. The Morgan fingerprint density at radius 2 is 2.17 bits per heavy atom. The van der Waals surface area contributed by atoms with Gasteiger partial charge in [0.05, 0.1) is 17.9 Å². The van der Waals surface area contributed by atoms with E-state index in [0.717, 1.165) is 18.9 Å². The Bertz CT molecular complexity index is 539. The maximum atomic E-state index is 13.5. The van der Waals surface area contributed by atoms with Crippen LogP contribution in [-0.2, 0) is 0 Å². The lowest BCUT2D eigenvalue weighted by molar-refractivity contribution is 0.571. The topological polar surface area (TPSA) is 56.7 Å². The SMILES string of the molecule is CCCC(N)c1cn(-c2ccc(F)cc2F)nn1. The number of hydrogen-bond acceptors (Lipinski definition) is 3. The minimum atomic E-state index is -0.685. The van der Waals surface area contributed by atoms with Gasteiger partial charge in [0.15, 0.2) is 5.82 Å². The number of rotatable bonds is 4. The predicted molar refractivity (Wildman–Crippen MR) is 63.1 cm³/mol. The Labute approximate surface area is 103 Å². The second-order valence-corrected chi connectivity index (χ2v) is 4.08. The molecular formula is C12H14F2N4. The van der Waals surface area contributed by atoms with Crippen LogP contribution >= 0.6 is 0 Å². The van der Waals surface area contributed by atoms with Gasteiger partial charge in [0.2, 0.25) is 0 Å². The standard InChI is InChI=1S/C12H14F2N4/c1-2-3-10(15)11-7-18(17-16-11)12-5-4-8(13)6-9(12)14/h4-7,10H,2-3,15H2,1H3. The lowest BCUT2D eigenvalue weighted by Crippen LogP contribution is -2.10. The van der Waals surface area contributed by atoms with Gasteiger partial charge in [-0.3, -0.25) is 0 Å². The van der Waals surface area contributed by atoms with Crippen LogP contribution in [0.4, 0.5) is 8.78 Å². The zero-order valence-electron chi connectivity index (χ0n) is 9.98. The quantitative estimate of drug-likeness (QED) is 0.908. The van der Waals surface area contributed by atoms with E-state index in [1.807, 2.05) is 6.92 Å². The third-order valence-corrected chi connectivity index (χ3v) is 2.65. The summed E-state index contributed by atoms with van der Waals surface area (Å²) < 4.78 is 27.6. The third kappa shape index (κ3) is 2.53. The first-order valence-electron chi connectivity index (χ1n) is 5.75. The first-order chi connectivity index (χ1) is 8.61. The van der Waals surface area contributed by atoms with Gasteiger partial charge in [0, 0.05) is 6.07 Å². The van der Waals surface area contributed by atoms with Gasteiger partial charge in [-0.2, -0.15) is 0 Å². The van der Waals surface area contributed by atoms with E-state index in [2.05, 4.69) is 10.3 Å². The molecule has 0 spiro atoms. The van der Waals surface area contributed by atoms with Crippen LogP contribution in [0.5, 0.6) is 0 Å². The highest BCUT2D eigenvalue weighted by Gasteiger charge is 2.12. The van der Waals surface area contributed by atoms with Crippen LogP contribution in [0.1, 0.15) is 31.5 Å². The highest BCUT2D eigenvalue weighted by molar-refractivity contribution is 5.32. The smallest absolute Gasteiger partial charge is 0.151 e. The Morgan fingerprint density at radius 3 is 2.83 bits per heavy atom. The molecule has 0 aliphatic carbocycles. The average Bonchev–Trinajstić information content (AvgIpc) is 2.78. The molecule has 18 heavy (non-hydrogen) atoms. The van der Waals surface area contributed by atoms with Gasteiger partial charge in [-0.05, 0) is 18.6 Å². The molecule has 2 rings (SSSR count). The van der Waals surface area contributed by atoms with Crippen LogP contribution in [0.3, 0.4) is 0 Å². The molecule has 0 amide bonds. The van der Waals surface area contributed by atoms with Crippen molar-refractivity contribution >= 4 is 0 Å². The summed E-state index contributed by atoms with van der Waals surface area (Å²) in [5, 5.41) is 7.71. The molecule has 0 saturated carbocycles. The van der Waals surface area contributed by atoms with Crippen molar-refractivity contribution in [3.63, 3.8) is 0 Å². The van der Waals surface area contributed by atoms with Crippen molar-refractivity contribution in [3.8, 4) is 5.69 Å². The molecule has 4 nitrogen and oxygen atoms in total. The average molecular weight is 252 g/mol. The molecule has 1 aromatic carbocycles. The zero-order chi connectivity index (χ0) is 13.1. The minimum Gasteiger partial charge on any atom is -0.323 e. The summed E-state index contributed by atoms with van der Waals surface area (Å²) in [7, 11) is 0. The van der Waals surface area contributed by atoms with Gasteiger partial charge in [0.1, 0.15) is 11.5 Å². The van der Waals surface area contributed by atoms with Crippen molar-refractivity contribution in [2.24, 2.45) is 5.73 Å². The van der Waals surface area contributed by atoms with E-state index < -0.39 is 11.6 Å². The molecule has 0 aliphatic rings. The van der Waals surface area contributed by atoms with Crippen molar-refractivity contribution in [3.05, 3.63) is 41.7 Å². The van der Waals surface area contributed by atoms with Crippen LogP contribution in [-0.4, -0.2) is 15.0 Å². The van der Waals surface area contributed by atoms with E-state index in [1.54, 1.807) is 6.20 Å². The van der Waals surface area contributed by atoms with E-state index in [-0.39, 0.29) is 11.7 Å².